The second-order valence-corrected chi connectivity index (χ2v) is 8.25. The maximum Gasteiger partial charge on any atom is 0.279 e. The van der Waals surface area contributed by atoms with Gasteiger partial charge in [-0.15, -0.1) is 0 Å². The third kappa shape index (κ3) is 3.13. The quantitative estimate of drug-likeness (QED) is 0.818. The Morgan fingerprint density at radius 3 is 2.67 bits per heavy atom. The Bertz CT molecular complexity index is 821. The van der Waals surface area contributed by atoms with Crippen molar-refractivity contribution in [2.24, 2.45) is 11.8 Å². The lowest BCUT2D eigenvalue weighted by atomic mass is 9.80. The van der Waals surface area contributed by atoms with Crippen molar-refractivity contribution in [2.45, 2.75) is 58.4 Å². The number of nitrogens with one attached hydrogen (secondary N) is 1. The van der Waals surface area contributed by atoms with E-state index in [2.05, 4.69) is 24.0 Å². The van der Waals surface area contributed by atoms with Gasteiger partial charge < -0.3 is 4.74 Å². The zero-order valence-electron chi connectivity index (χ0n) is 16.5. The lowest BCUT2D eigenvalue weighted by Crippen LogP contribution is -2.34. The van der Waals surface area contributed by atoms with Gasteiger partial charge in [-0.1, -0.05) is 45.2 Å². The maximum absolute atomic E-state index is 13.4. The molecule has 0 bridgehead atoms. The van der Waals surface area contributed by atoms with Crippen LogP contribution < -0.4 is 9.64 Å². The first-order chi connectivity index (χ1) is 13.1. The maximum atomic E-state index is 13.4. The van der Waals surface area contributed by atoms with Crippen molar-refractivity contribution in [3.8, 4) is 5.75 Å². The minimum Gasteiger partial charge on any atom is -0.495 e. The lowest BCUT2D eigenvalue weighted by molar-refractivity contribution is 0.0976. The molecule has 1 saturated carbocycles. The van der Waals surface area contributed by atoms with Gasteiger partial charge in [0, 0.05) is 11.3 Å². The lowest BCUT2D eigenvalue weighted by Gasteiger charge is -2.35. The van der Waals surface area contributed by atoms with Crippen LogP contribution in [0.5, 0.6) is 5.75 Å². The number of fused-ring (bicyclic) bond motifs is 1. The standard InChI is InChI=1S/C22H29N3O2/c1-14(2)13-16-19-20(24-23-16)22(26)25(17-11-7-8-12-18(17)27-3)21(19)15-9-5-4-6-10-15/h7-8,11-12,14-15,21H,4-6,9-10,13H2,1-3H3,(H,23,24). The number of methoxy groups -OCH3 is 1. The van der Waals surface area contributed by atoms with E-state index in [0.29, 0.717) is 17.5 Å². The molecule has 5 heteroatoms. The highest BCUT2D eigenvalue weighted by Crippen LogP contribution is 2.49. The average Bonchev–Trinajstić information content (AvgIpc) is 3.21. The summed E-state index contributed by atoms with van der Waals surface area (Å²) < 4.78 is 5.59. The molecule has 1 unspecified atom stereocenters. The number of hydrogen-bond acceptors (Lipinski definition) is 3. The van der Waals surface area contributed by atoms with Crippen LogP contribution in [0.3, 0.4) is 0 Å². The number of aromatic amines is 1. The van der Waals surface area contributed by atoms with Gasteiger partial charge in [-0.2, -0.15) is 5.10 Å². The summed E-state index contributed by atoms with van der Waals surface area (Å²) in [4.78, 5) is 15.4. The summed E-state index contributed by atoms with van der Waals surface area (Å²) in [6, 6.07) is 7.89. The zero-order valence-corrected chi connectivity index (χ0v) is 16.5. The summed E-state index contributed by atoms with van der Waals surface area (Å²) in [6.45, 7) is 4.41. The molecule has 0 saturated heterocycles. The summed E-state index contributed by atoms with van der Waals surface area (Å²) in [7, 11) is 1.67. The van der Waals surface area contributed by atoms with Crippen molar-refractivity contribution < 1.29 is 9.53 Å². The fourth-order valence-electron chi connectivity index (χ4n) is 4.79. The van der Waals surface area contributed by atoms with E-state index < -0.39 is 0 Å². The Labute approximate surface area is 161 Å². The highest BCUT2D eigenvalue weighted by molar-refractivity contribution is 6.10. The first-order valence-electron chi connectivity index (χ1n) is 10.2. The Morgan fingerprint density at radius 2 is 1.96 bits per heavy atom. The SMILES string of the molecule is COc1ccccc1N1C(=O)c2n[nH]c(CC(C)C)c2C1C1CCCCC1. The van der Waals surface area contributed by atoms with Crippen molar-refractivity contribution in [1.82, 2.24) is 10.2 Å². The fourth-order valence-corrected chi connectivity index (χ4v) is 4.79. The zero-order chi connectivity index (χ0) is 19.0. The van der Waals surface area contributed by atoms with Crippen LogP contribution in [-0.4, -0.2) is 23.2 Å². The van der Waals surface area contributed by atoms with Gasteiger partial charge in [-0.25, -0.2) is 0 Å². The molecule has 0 radical (unpaired) electrons. The van der Waals surface area contributed by atoms with Gasteiger partial charge in [-0.05, 0) is 43.2 Å². The Balaban J connectivity index is 1.82. The Morgan fingerprint density at radius 1 is 1.22 bits per heavy atom. The summed E-state index contributed by atoms with van der Waals surface area (Å²) in [5.41, 5.74) is 3.72. The minimum absolute atomic E-state index is 0.00340. The molecule has 1 aliphatic carbocycles. The molecule has 0 spiro atoms. The number of aromatic nitrogens is 2. The third-order valence-electron chi connectivity index (χ3n) is 5.93. The number of ether oxygens (including phenoxy) is 1. The number of H-pyrrole nitrogens is 1. The molecule has 2 heterocycles. The molecule has 1 aromatic heterocycles. The van der Waals surface area contributed by atoms with Gasteiger partial charge >= 0.3 is 0 Å². The predicted molar refractivity (Wildman–Crippen MR) is 106 cm³/mol. The fraction of sp³-hybridized carbons (Fsp3) is 0.545. The van der Waals surface area contributed by atoms with Crippen molar-refractivity contribution in [3.63, 3.8) is 0 Å². The first kappa shape index (κ1) is 18.1. The molecule has 1 atom stereocenters. The number of anilines is 1. The molecule has 4 rings (SSSR count). The van der Waals surface area contributed by atoms with Gasteiger partial charge in [0.15, 0.2) is 5.69 Å². The Kier molecular flexibility index (Phi) is 4.94. The van der Waals surface area contributed by atoms with Gasteiger partial charge in [0.1, 0.15) is 5.75 Å². The molecule has 1 aromatic carbocycles. The van der Waals surface area contributed by atoms with Crippen LogP contribution >= 0.6 is 0 Å². The molecule has 1 fully saturated rings. The van der Waals surface area contributed by atoms with E-state index in [1.807, 2.05) is 29.2 Å². The molecule has 2 aliphatic rings. The van der Waals surface area contributed by atoms with Crippen LogP contribution in [0.15, 0.2) is 24.3 Å². The van der Waals surface area contributed by atoms with Crippen LogP contribution in [0.4, 0.5) is 5.69 Å². The molecular formula is C22H29N3O2. The molecule has 144 valence electrons. The number of carbonyl (C=O) groups excluding carboxylic acids is 1. The summed E-state index contributed by atoms with van der Waals surface area (Å²) in [5.74, 6) is 1.72. The van der Waals surface area contributed by atoms with E-state index in [-0.39, 0.29) is 11.9 Å². The van der Waals surface area contributed by atoms with Crippen molar-refractivity contribution in [1.29, 1.82) is 0 Å². The van der Waals surface area contributed by atoms with E-state index >= 15 is 0 Å². The first-order valence-corrected chi connectivity index (χ1v) is 10.2. The monoisotopic (exact) mass is 367 g/mol. The van der Waals surface area contributed by atoms with E-state index in [1.165, 1.54) is 19.3 Å². The van der Waals surface area contributed by atoms with Gasteiger partial charge in [0.2, 0.25) is 0 Å². The van der Waals surface area contributed by atoms with Gasteiger partial charge in [-0.3, -0.25) is 14.8 Å². The van der Waals surface area contributed by atoms with Crippen molar-refractivity contribution in [2.75, 3.05) is 12.0 Å². The van der Waals surface area contributed by atoms with E-state index in [0.717, 1.165) is 42.0 Å². The normalized spacial score (nSPS) is 20.4. The van der Waals surface area contributed by atoms with E-state index in [4.69, 9.17) is 4.74 Å². The number of para-hydroxylation sites is 2. The van der Waals surface area contributed by atoms with E-state index in [9.17, 15) is 4.79 Å². The van der Waals surface area contributed by atoms with Crippen LogP contribution in [0.25, 0.3) is 0 Å². The number of carbonyl (C=O) groups is 1. The number of amides is 1. The number of benzene rings is 1. The number of rotatable bonds is 5. The van der Waals surface area contributed by atoms with Crippen molar-refractivity contribution >= 4 is 11.6 Å². The predicted octanol–water partition coefficient (Wildman–Crippen LogP) is 4.90. The highest BCUT2D eigenvalue weighted by Gasteiger charge is 2.46. The smallest absolute Gasteiger partial charge is 0.279 e. The second kappa shape index (κ2) is 7.37. The van der Waals surface area contributed by atoms with Crippen LogP contribution in [0, 0.1) is 11.8 Å². The molecular weight excluding hydrogens is 338 g/mol. The molecule has 1 N–H and O–H groups in total. The topological polar surface area (TPSA) is 58.2 Å². The molecule has 5 nitrogen and oxygen atoms in total. The third-order valence-corrected chi connectivity index (χ3v) is 5.93. The largest absolute Gasteiger partial charge is 0.495 e. The molecule has 27 heavy (non-hydrogen) atoms. The number of nitrogens with zero attached hydrogens (tertiary/aromatic N) is 2. The summed E-state index contributed by atoms with van der Waals surface area (Å²) >= 11 is 0. The minimum atomic E-state index is -0.00340. The van der Waals surface area contributed by atoms with Gasteiger partial charge in [0.25, 0.3) is 5.91 Å². The highest BCUT2D eigenvalue weighted by atomic mass is 16.5. The van der Waals surface area contributed by atoms with Crippen LogP contribution in [0.2, 0.25) is 0 Å². The molecule has 1 amide bonds. The average molecular weight is 367 g/mol. The summed E-state index contributed by atoms with van der Waals surface area (Å²) in [6.07, 6.45) is 7.01. The second-order valence-electron chi connectivity index (χ2n) is 8.25. The van der Waals surface area contributed by atoms with Gasteiger partial charge in [0.05, 0.1) is 18.8 Å². The molecule has 2 aromatic rings. The molecule has 1 aliphatic heterocycles. The Hall–Kier alpha value is -2.30. The van der Waals surface area contributed by atoms with E-state index in [1.54, 1.807) is 7.11 Å². The van der Waals surface area contributed by atoms with Crippen molar-refractivity contribution in [3.05, 3.63) is 41.2 Å². The number of hydrogen-bond donors (Lipinski definition) is 1. The summed E-state index contributed by atoms with van der Waals surface area (Å²) in [5, 5.41) is 7.63. The van der Waals surface area contributed by atoms with Crippen LogP contribution in [-0.2, 0) is 6.42 Å². The van der Waals surface area contributed by atoms with Crippen LogP contribution in [0.1, 0.15) is 73.7 Å².